The summed E-state index contributed by atoms with van der Waals surface area (Å²) in [6, 6.07) is 8.54. The van der Waals surface area contributed by atoms with Crippen LogP contribution in [0.1, 0.15) is 24.0 Å². The summed E-state index contributed by atoms with van der Waals surface area (Å²) in [6.45, 7) is 3.10. The molecule has 0 N–H and O–H groups in total. The molecule has 4 nitrogen and oxygen atoms in total. The molecule has 1 aromatic rings. The molecule has 0 spiro atoms. The predicted molar refractivity (Wildman–Crippen MR) is 79.7 cm³/mol. The highest BCUT2D eigenvalue weighted by molar-refractivity contribution is 5.42. The van der Waals surface area contributed by atoms with Crippen molar-refractivity contribution in [3.05, 3.63) is 29.3 Å². The lowest BCUT2D eigenvalue weighted by Gasteiger charge is -2.35. The van der Waals surface area contributed by atoms with Crippen molar-refractivity contribution in [2.75, 3.05) is 34.3 Å². The molecule has 1 saturated heterocycles. The Labute approximate surface area is 121 Å². The summed E-state index contributed by atoms with van der Waals surface area (Å²) in [5, 5.41) is 9.22. The Bertz CT molecular complexity index is 487. The van der Waals surface area contributed by atoms with Crippen LogP contribution in [-0.4, -0.2) is 50.1 Å². The highest BCUT2D eigenvalue weighted by atomic mass is 16.5. The standard InChI is InChI=1S/C16H23N3O/c1-18-8-6-15(7-9-18)19(2)12-14-10-16(20-3)5-4-13(14)11-17/h4-5,10,15H,6-9,12H2,1-3H3. The first-order chi connectivity index (χ1) is 9.63. The molecule has 1 fully saturated rings. The summed E-state index contributed by atoms with van der Waals surface area (Å²) >= 11 is 0. The molecule has 4 heteroatoms. The van der Waals surface area contributed by atoms with Crippen LogP contribution in [0.4, 0.5) is 0 Å². The lowest BCUT2D eigenvalue weighted by molar-refractivity contribution is 0.139. The molecule has 0 aliphatic carbocycles. The molecule has 2 rings (SSSR count). The molecule has 1 aromatic carbocycles. The van der Waals surface area contributed by atoms with Gasteiger partial charge in [-0.1, -0.05) is 0 Å². The van der Waals surface area contributed by atoms with E-state index in [2.05, 4.69) is 30.0 Å². The minimum absolute atomic E-state index is 0.601. The van der Waals surface area contributed by atoms with Gasteiger partial charge in [-0.15, -0.1) is 0 Å². The van der Waals surface area contributed by atoms with Gasteiger partial charge in [0.25, 0.3) is 0 Å². The second kappa shape index (κ2) is 6.74. The van der Waals surface area contributed by atoms with E-state index in [1.807, 2.05) is 18.2 Å². The summed E-state index contributed by atoms with van der Waals surface area (Å²) < 4.78 is 5.26. The van der Waals surface area contributed by atoms with Gasteiger partial charge in [0.1, 0.15) is 5.75 Å². The van der Waals surface area contributed by atoms with Gasteiger partial charge in [0.15, 0.2) is 0 Å². The third-order valence-corrected chi connectivity index (χ3v) is 4.16. The molecule has 0 amide bonds. The van der Waals surface area contributed by atoms with E-state index in [0.717, 1.165) is 36.5 Å². The third-order valence-electron chi connectivity index (χ3n) is 4.16. The van der Waals surface area contributed by atoms with Gasteiger partial charge in [-0.2, -0.15) is 5.26 Å². The van der Waals surface area contributed by atoms with Crippen molar-refractivity contribution in [2.45, 2.75) is 25.4 Å². The maximum Gasteiger partial charge on any atom is 0.119 e. The molecule has 0 atom stereocenters. The zero-order valence-electron chi connectivity index (χ0n) is 12.6. The molecule has 0 bridgehead atoms. The predicted octanol–water partition coefficient (Wildman–Crippen LogP) is 2.09. The Kier molecular flexibility index (Phi) is 4.99. The van der Waals surface area contributed by atoms with Crippen molar-refractivity contribution in [1.82, 2.24) is 9.80 Å². The normalized spacial score (nSPS) is 17.1. The number of nitriles is 1. The largest absolute Gasteiger partial charge is 0.497 e. The molecule has 0 saturated carbocycles. The number of hydrogen-bond acceptors (Lipinski definition) is 4. The molecular weight excluding hydrogens is 250 g/mol. The first-order valence-corrected chi connectivity index (χ1v) is 7.10. The molecule has 20 heavy (non-hydrogen) atoms. The van der Waals surface area contributed by atoms with E-state index in [-0.39, 0.29) is 0 Å². The maximum atomic E-state index is 9.22. The smallest absolute Gasteiger partial charge is 0.119 e. The minimum atomic E-state index is 0.601. The van der Waals surface area contributed by atoms with Gasteiger partial charge in [-0.3, -0.25) is 4.90 Å². The van der Waals surface area contributed by atoms with Crippen molar-refractivity contribution >= 4 is 0 Å². The Morgan fingerprint density at radius 2 is 2.10 bits per heavy atom. The van der Waals surface area contributed by atoms with Crippen LogP contribution in [0.25, 0.3) is 0 Å². The average molecular weight is 273 g/mol. The first kappa shape index (κ1) is 14.8. The van der Waals surface area contributed by atoms with Crippen LogP contribution in [0.15, 0.2) is 18.2 Å². The van der Waals surface area contributed by atoms with Crippen molar-refractivity contribution in [2.24, 2.45) is 0 Å². The summed E-state index contributed by atoms with van der Waals surface area (Å²) in [4.78, 5) is 4.74. The zero-order valence-corrected chi connectivity index (χ0v) is 12.6. The second-order valence-electron chi connectivity index (χ2n) is 5.58. The SMILES string of the molecule is COc1ccc(C#N)c(CN(C)C2CCN(C)CC2)c1. The monoisotopic (exact) mass is 273 g/mol. The average Bonchev–Trinajstić information content (AvgIpc) is 2.47. The number of rotatable bonds is 4. The molecule has 0 unspecified atom stereocenters. The van der Waals surface area contributed by atoms with Gasteiger partial charge in [-0.05, 0) is 63.8 Å². The van der Waals surface area contributed by atoms with E-state index < -0.39 is 0 Å². The second-order valence-corrected chi connectivity index (χ2v) is 5.58. The van der Waals surface area contributed by atoms with E-state index in [4.69, 9.17) is 4.74 Å². The fourth-order valence-corrected chi connectivity index (χ4v) is 2.77. The molecule has 0 radical (unpaired) electrons. The first-order valence-electron chi connectivity index (χ1n) is 7.10. The molecule has 108 valence electrons. The molecular formula is C16H23N3O. The number of nitrogens with zero attached hydrogens (tertiary/aromatic N) is 3. The fraction of sp³-hybridized carbons (Fsp3) is 0.562. The zero-order chi connectivity index (χ0) is 14.5. The molecule has 0 aromatic heterocycles. The third kappa shape index (κ3) is 3.50. The van der Waals surface area contributed by atoms with Crippen LogP contribution in [0.2, 0.25) is 0 Å². The van der Waals surface area contributed by atoms with Crippen molar-refractivity contribution in [3.63, 3.8) is 0 Å². The van der Waals surface area contributed by atoms with Gasteiger partial charge < -0.3 is 9.64 Å². The Balaban J connectivity index is 2.07. The van der Waals surface area contributed by atoms with Gasteiger partial charge >= 0.3 is 0 Å². The van der Waals surface area contributed by atoms with Gasteiger partial charge in [-0.25, -0.2) is 0 Å². The fourth-order valence-electron chi connectivity index (χ4n) is 2.77. The highest BCUT2D eigenvalue weighted by Gasteiger charge is 2.21. The Morgan fingerprint density at radius 1 is 1.40 bits per heavy atom. The van der Waals surface area contributed by atoms with Crippen LogP contribution < -0.4 is 4.74 Å². The summed E-state index contributed by atoms with van der Waals surface area (Å²) in [7, 11) is 5.98. The molecule has 1 aliphatic rings. The highest BCUT2D eigenvalue weighted by Crippen LogP contribution is 2.21. The number of likely N-dealkylation sites (tertiary alicyclic amines) is 1. The number of piperidine rings is 1. The van der Waals surface area contributed by atoms with Gasteiger partial charge in [0.05, 0.1) is 18.7 Å². The van der Waals surface area contributed by atoms with E-state index in [9.17, 15) is 5.26 Å². The summed E-state index contributed by atoms with van der Waals surface area (Å²) in [5.74, 6) is 0.816. The van der Waals surface area contributed by atoms with E-state index in [1.54, 1.807) is 7.11 Å². The van der Waals surface area contributed by atoms with Crippen LogP contribution in [0, 0.1) is 11.3 Å². The number of hydrogen-bond donors (Lipinski definition) is 0. The molecule has 1 heterocycles. The lowest BCUT2D eigenvalue weighted by atomic mass is 10.0. The van der Waals surface area contributed by atoms with Crippen LogP contribution in [-0.2, 0) is 6.54 Å². The van der Waals surface area contributed by atoms with Crippen molar-refractivity contribution in [1.29, 1.82) is 5.26 Å². The van der Waals surface area contributed by atoms with E-state index >= 15 is 0 Å². The van der Waals surface area contributed by atoms with Gasteiger partial charge in [0, 0.05) is 12.6 Å². The number of methoxy groups -OCH3 is 1. The van der Waals surface area contributed by atoms with Crippen LogP contribution >= 0.6 is 0 Å². The van der Waals surface area contributed by atoms with Crippen molar-refractivity contribution in [3.8, 4) is 11.8 Å². The summed E-state index contributed by atoms with van der Waals surface area (Å²) in [5.41, 5.74) is 1.79. The van der Waals surface area contributed by atoms with Gasteiger partial charge in [0.2, 0.25) is 0 Å². The number of ether oxygens (including phenoxy) is 1. The maximum absolute atomic E-state index is 9.22. The molecule has 1 aliphatic heterocycles. The van der Waals surface area contributed by atoms with E-state index in [1.165, 1.54) is 12.8 Å². The lowest BCUT2D eigenvalue weighted by Crippen LogP contribution is -2.41. The van der Waals surface area contributed by atoms with Crippen molar-refractivity contribution < 1.29 is 4.74 Å². The van der Waals surface area contributed by atoms with Crippen LogP contribution in [0.3, 0.4) is 0 Å². The van der Waals surface area contributed by atoms with Crippen LogP contribution in [0.5, 0.6) is 5.75 Å². The Morgan fingerprint density at radius 3 is 2.70 bits per heavy atom. The Hall–Kier alpha value is -1.57. The number of benzene rings is 1. The minimum Gasteiger partial charge on any atom is -0.497 e. The summed E-state index contributed by atoms with van der Waals surface area (Å²) in [6.07, 6.45) is 2.39. The topological polar surface area (TPSA) is 39.5 Å². The quantitative estimate of drug-likeness (QED) is 0.842. The van der Waals surface area contributed by atoms with E-state index in [0.29, 0.717) is 6.04 Å².